The molecule has 2 aromatic rings. The van der Waals surface area contributed by atoms with Crippen LogP contribution in [0, 0.1) is 5.82 Å². The van der Waals surface area contributed by atoms with E-state index in [0.29, 0.717) is 6.42 Å². The Balaban J connectivity index is 2.05. The average Bonchev–Trinajstić information content (AvgIpc) is 2.48. The van der Waals surface area contributed by atoms with E-state index in [1.165, 1.54) is 11.6 Å². The van der Waals surface area contributed by atoms with Crippen molar-refractivity contribution in [1.82, 2.24) is 10.3 Å². The molecule has 0 saturated heterocycles. The first-order chi connectivity index (χ1) is 9.79. The number of rotatable bonds is 7. The predicted octanol–water partition coefficient (Wildman–Crippen LogP) is 3.37. The lowest BCUT2D eigenvalue weighted by Gasteiger charge is -2.19. The molecule has 0 fully saturated rings. The van der Waals surface area contributed by atoms with Crippen LogP contribution in [0.4, 0.5) is 4.39 Å². The second-order valence-electron chi connectivity index (χ2n) is 5.01. The quantitative estimate of drug-likeness (QED) is 0.836. The van der Waals surface area contributed by atoms with Crippen LogP contribution in [-0.4, -0.2) is 17.6 Å². The van der Waals surface area contributed by atoms with Crippen molar-refractivity contribution in [2.24, 2.45) is 0 Å². The van der Waals surface area contributed by atoms with Crippen LogP contribution >= 0.6 is 0 Å². The number of halogens is 1. The zero-order valence-corrected chi connectivity index (χ0v) is 11.8. The fourth-order valence-corrected chi connectivity index (χ4v) is 2.30. The van der Waals surface area contributed by atoms with Gasteiger partial charge in [-0.25, -0.2) is 4.39 Å². The van der Waals surface area contributed by atoms with Crippen LogP contribution in [0.1, 0.15) is 24.5 Å². The predicted molar refractivity (Wildman–Crippen MR) is 80.1 cm³/mol. The van der Waals surface area contributed by atoms with Gasteiger partial charge in [0.1, 0.15) is 5.82 Å². The zero-order valence-electron chi connectivity index (χ0n) is 11.8. The van der Waals surface area contributed by atoms with Gasteiger partial charge < -0.3 is 5.32 Å². The van der Waals surface area contributed by atoms with Crippen molar-refractivity contribution >= 4 is 0 Å². The third-order valence-electron chi connectivity index (χ3n) is 3.34. The van der Waals surface area contributed by atoms with E-state index in [9.17, 15) is 4.39 Å². The topological polar surface area (TPSA) is 24.9 Å². The maximum Gasteiger partial charge on any atom is 0.126 e. The smallest absolute Gasteiger partial charge is 0.126 e. The van der Waals surface area contributed by atoms with Gasteiger partial charge in [-0.15, -0.1) is 0 Å². The minimum atomic E-state index is -0.120. The van der Waals surface area contributed by atoms with Crippen LogP contribution in [0.15, 0.2) is 48.8 Å². The van der Waals surface area contributed by atoms with E-state index < -0.39 is 0 Å². The summed E-state index contributed by atoms with van der Waals surface area (Å²) in [7, 11) is 0. The third-order valence-corrected chi connectivity index (χ3v) is 3.34. The molecule has 1 atom stereocenters. The lowest BCUT2D eigenvalue weighted by Crippen LogP contribution is -2.34. The molecule has 0 aliphatic heterocycles. The lowest BCUT2D eigenvalue weighted by molar-refractivity contribution is 0.492. The van der Waals surface area contributed by atoms with E-state index in [0.717, 1.165) is 24.9 Å². The van der Waals surface area contributed by atoms with E-state index in [1.807, 2.05) is 24.3 Å². The summed E-state index contributed by atoms with van der Waals surface area (Å²) in [6, 6.07) is 11.3. The molecule has 2 rings (SSSR count). The van der Waals surface area contributed by atoms with Crippen molar-refractivity contribution in [3.05, 3.63) is 65.7 Å². The van der Waals surface area contributed by atoms with Gasteiger partial charge in [0.05, 0.1) is 0 Å². The number of benzene rings is 1. The Morgan fingerprint density at radius 1 is 1.10 bits per heavy atom. The first-order valence-electron chi connectivity index (χ1n) is 7.15. The number of hydrogen-bond donors (Lipinski definition) is 1. The van der Waals surface area contributed by atoms with Crippen molar-refractivity contribution in [2.45, 2.75) is 32.2 Å². The molecular formula is C17H21FN2. The second-order valence-corrected chi connectivity index (χ2v) is 5.01. The van der Waals surface area contributed by atoms with Crippen LogP contribution in [0.25, 0.3) is 0 Å². The highest BCUT2D eigenvalue weighted by molar-refractivity contribution is 5.20. The summed E-state index contributed by atoms with van der Waals surface area (Å²) < 4.78 is 13.8. The largest absolute Gasteiger partial charge is 0.313 e. The van der Waals surface area contributed by atoms with Gasteiger partial charge in [-0.2, -0.15) is 0 Å². The molecule has 0 spiro atoms. The number of aromatic nitrogens is 1. The van der Waals surface area contributed by atoms with Crippen molar-refractivity contribution in [3.8, 4) is 0 Å². The van der Waals surface area contributed by atoms with Gasteiger partial charge in [0, 0.05) is 18.4 Å². The molecular weight excluding hydrogens is 251 g/mol. The zero-order chi connectivity index (χ0) is 14.2. The molecule has 3 heteroatoms. The van der Waals surface area contributed by atoms with Crippen LogP contribution in [-0.2, 0) is 12.8 Å². The third kappa shape index (κ3) is 4.42. The summed E-state index contributed by atoms with van der Waals surface area (Å²) in [6.45, 7) is 3.09. The molecule has 0 amide bonds. The van der Waals surface area contributed by atoms with Gasteiger partial charge in [-0.05, 0) is 55.1 Å². The highest BCUT2D eigenvalue weighted by atomic mass is 19.1. The fourth-order valence-electron chi connectivity index (χ4n) is 2.30. The Labute approximate surface area is 120 Å². The Morgan fingerprint density at radius 3 is 2.55 bits per heavy atom. The summed E-state index contributed by atoms with van der Waals surface area (Å²) in [4.78, 5) is 4.03. The van der Waals surface area contributed by atoms with Gasteiger partial charge in [-0.1, -0.05) is 25.1 Å². The highest BCUT2D eigenvalue weighted by Gasteiger charge is 2.12. The van der Waals surface area contributed by atoms with E-state index in [4.69, 9.17) is 0 Å². The molecule has 106 valence electrons. The van der Waals surface area contributed by atoms with Crippen molar-refractivity contribution in [1.29, 1.82) is 0 Å². The van der Waals surface area contributed by atoms with Crippen molar-refractivity contribution in [2.75, 3.05) is 6.54 Å². The Bertz CT molecular complexity index is 513. The summed E-state index contributed by atoms with van der Waals surface area (Å²) in [6.07, 6.45) is 6.26. The van der Waals surface area contributed by atoms with Gasteiger partial charge in [0.25, 0.3) is 0 Å². The van der Waals surface area contributed by atoms with E-state index in [1.54, 1.807) is 18.5 Å². The summed E-state index contributed by atoms with van der Waals surface area (Å²) in [5, 5.41) is 3.51. The monoisotopic (exact) mass is 272 g/mol. The van der Waals surface area contributed by atoms with Gasteiger partial charge in [0.15, 0.2) is 0 Å². The number of hydrogen-bond acceptors (Lipinski definition) is 2. The molecule has 0 aliphatic carbocycles. The summed E-state index contributed by atoms with van der Waals surface area (Å²) >= 11 is 0. The molecule has 20 heavy (non-hydrogen) atoms. The minimum absolute atomic E-state index is 0.120. The fraction of sp³-hybridized carbons (Fsp3) is 0.353. The van der Waals surface area contributed by atoms with E-state index in [-0.39, 0.29) is 11.9 Å². The molecule has 1 aromatic carbocycles. The van der Waals surface area contributed by atoms with Crippen LogP contribution < -0.4 is 5.32 Å². The molecule has 1 aromatic heterocycles. The standard InChI is InChI=1S/C17H21FN2/c1-2-9-20-16(12-14-7-10-19-11-8-14)13-15-5-3-4-6-17(15)18/h3-8,10-11,16,20H,2,9,12-13H2,1H3. The van der Waals surface area contributed by atoms with Gasteiger partial charge in [0.2, 0.25) is 0 Å². The molecule has 1 heterocycles. The lowest BCUT2D eigenvalue weighted by atomic mass is 9.99. The average molecular weight is 272 g/mol. The molecule has 0 aliphatic rings. The molecule has 1 unspecified atom stereocenters. The van der Waals surface area contributed by atoms with Crippen molar-refractivity contribution in [3.63, 3.8) is 0 Å². The van der Waals surface area contributed by atoms with Crippen LogP contribution in [0.3, 0.4) is 0 Å². The number of nitrogens with one attached hydrogen (secondary N) is 1. The first-order valence-corrected chi connectivity index (χ1v) is 7.15. The number of nitrogens with zero attached hydrogens (tertiary/aromatic N) is 1. The Kier molecular flexibility index (Phi) is 5.69. The molecule has 0 radical (unpaired) electrons. The Morgan fingerprint density at radius 2 is 1.85 bits per heavy atom. The normalized spacial score (nSPS) is 12.3. The Hall–Kier alpha value is -1.74. The summed E-state index contributed by atoms with van der Waals surface area (Å²) in [5.74, 6) is -0.120. The summed E-state index contributed by atoms with van der Waals surface area (Å²) in [5.41, 5.74) is 2.00. The second kappa shape index (κ2) is 7.75. The van der Waals surface area contributed by atoms with E-state index in [2.05, 4.69) is 17.2 Å². The van der Waals surface area contributed by atoms with Gasteiger partial charge >= 0.3 is 0 Å². The SMILES string of the molecule is CCCNC(Cc1ccncc1)Cc1ccccc1F. The maximum atomic E-state index is 13.8. The maximum absolute atomic E-state index is 13.8. The van der Waals surface area contributed by atoms with Crippen LogP contribution in [0.2, 0.25) is 0 Å². The molecule has 1 N–H and O–H groups in total. The molecule has 0 bridgehead atoms. The minimum Gasteiger partial charge on any atom is -0.313 e. The van der Waals surface area contributed by atoms with E-state index >= 15 is 0 Å². The molecule has 2 nitrogen and oxygen atoms in total. The van der Waals surface area contributed by atoms with Gasteiger partial charge in [-0.3, -0.25) is 4.98 Å². The molecule has 0 saturated carbocycles. The first kappa shape index (κ1) is 14.7. The highest BCUT2D eigenvalue weighted by Crippen LogP contribution is 2.12. The number of pyridine rings is 1. The van der Waals surface area contributed by atoms with Crippen molar-refractivity contribution < 1.29 is 4.39 Å². The van der Waals surface area contributed by atoms with Crippen LogP contribution in [0.5, 0.6) is 0 Å².